The van der Waals surface area contributed by atoms with Crippen molar-refractivity contribution in [2.24, 2.45) is 10.9 Å². The Morgan fingerprint density at radius 3 is 2.83 bits per heavy atom. The van der Waals surface area contributed by atoms with E-state index in [0.29, 0.717) is 0 Å². The summed E-state index contributed by atoms with van der Waals surface area (Å²) in [7, 11) is 0. The lowest BCUT2D eigenvalue weighted by Crippen LogP contribution is -2.31. The van der Waals surface area contributed by atoms with Crippen molar-refractivity contribution in [3.63, 3.8) is 0 Å². The predicted molar refractivity (Wildman–Crippen MR) is 86.7 cm³/mol. The van der Waals surface area contributed by atoms with Crippen LogP contribution >= 0.6 is 23.5 Å². The van der Waals surface area contributed by atoms with E-state index in [0.717, 1.165) is 29.4 Å². The van der Waals surface area contributed by atoms with Crippen LogP contribution in [0.15, 0.2) is 29.4 Å². The number of amides is 1. The lowest BCUT2D eigenvalue weighted by atomic mass is 10.2. The lowest BCUT2D eigenvalue weighted by Gasteiger charge is -2.19. The molecule has 0 unspecified atom stereocenters. The van der Waals surface area contributed by atoms with E-state index in [1.807, 2.05) is 0 Å². The van der Waals surface area contributed by atoms with Crippen molar-refractivity contribution in [1.82, 2.24) is 0 Å². The molecule has 1 saturated heterocycles. The van der Waals surface area contributed by atoms with Crippen molar-refractivity contribution in [2.45, 2.75) is 11.4 Å². The number of halogens is 3. The highest BCUT2D eigenvalue weighted by atomic mass is 32.2. The minimum Gasteiger partial charge on any atom is -0.383 e. The van der Waals surface area contributed by atoms with Gasteiger partial charge in [-0.15, -0.1) is 11.8 Å². The maximum atomic E-state index is 12.6. The first-order chi connectivity index (χ1) is 10.9. The summed E-state index contributed by atoms with van der Waals surface area (Å²) in [6, 6.07) is 4.22. The van der Waals surface area contributed by atoms with E-state index in [9.17, 15) is 18.0 Å². The minimum atomic E-state index is -4.49. The fourth-order valence-electron chi connectivity index (χ4n) is 1.73. The fourth-order valence-corrected chi connectivity index (χ4v) is 4.31. The zero-order valence-corrected chi connectivity index (χ0v) is 13.4. The number of carbonyl (C=O) groups excluding carboxylic acids is 1. The van der Waals surface area contributed by atoms with Crippen LogP contribution in [0, 0.1) is 0 Å². The Balaban J connectivity index is 1.92. The number of hydrogen-bond acceptors (Lipinski definition) is 5. The molecule has 0 aromatic heterocycles. The quantitative estimate of drug-likeness (QED) is 0.372. The summed E-state index contributed by atoms with van der Waals surface area (Å²) < 4.78 is 37.7. The predicted octanol–water partition coefficient (Wildman–Crippen LogP) is 3.37. The van der Waals surface area contributed by atoms with Crippen LogP contribution in [0.1, 0.15) is 5.56 Å². The molecule has 0 aliphatic carbocycles. The van der Waals surface area contributed by atoms with Crippen molar-refractivity contribution in [2.75, 3.05) is 22.6 Å². The van der Waals surface area contributed by atoms with E-state index in [2.05, 4.69) is 15.3 Å². The lowest BCUT2D eigenvalue weighted by molar-refractivity contribution is -0.137. The summed E-state index contributed by atoms with van der Waals surface area (Å²) in [5, 5.41) is 5.69. The molecule has 0 spiro atoms. The molecule has 0 bridgehead atoms. The van der Waals surface area contributed by atoms with Gasteiger partial charge in [-0.1, -0.05) is 11.2 Å². The van der Waals surface area contributed by atoms with Crippen molar-refractivity contribution < 1.29 is 22.8 Å². The normalized spacial score (nSPS) is 19.3. The molecule has 1 aromatic carbocycles. The van der Waals surface area contributed by atoms with Gasteiger partial charge >= 0.3 is 12.3 Å². The highest BCUT2D eigenvalue weighted by Gasteiger charge is 2.30. The molecule has 1 atom stereocenters. The summed E-state index contributed by atoms with van der Waals surface area (Å²) in [4.78, 5) is 16.2. The Morgan fingerprint density at radius 1 is 1.39 bits per heavy atom. The van der Waals surface area contributed by atoms with E-state index < -0.39 is 17.8 Å². The number of nitrogens with two attached hydrogens (primary N) is 1. The summed E-state index contributed by atoms with van der Waals surface area (Å²) in [6.45, 7) is 0. The highest BCUT2D eigenvalue weighted by molar-refractivity contribution is 8.07. The van der Waals surface area contributed by atoms with Gasteiger partial charge < -0.3 is 5.73 Å². The molecule has 5 nitrogen and oxygen atoms in total. The molecule has 23 heavy (non-hydrogen) atoms. The van der Waals surface area contributed by atoms with Crippen molar-refractivity contribution in [3.8, 4) is 0 Å². The number of alkyl halides is 3. The molecule has 1 aromatic rings. The number of oxime groups is 1. The maximum Gasteiger partial charge on any atom is 0.437 e. The Hall–Kier alpha value is -1.55. The van der Waals surface area contributed by atoms with Crippen LogP contribution < -0.4 is 11.1 Å². The Bertz CT molecular complexity index is 590. The molecule has 1 aliphatic rings. The number of amidine groups is 1. The first kappa shape index (κ1) is 17.8. The third-order valence-electron chi connectivity index (χ3n) is 2.82. The summed E-state index contributed by atoms with van der Waals surface area (Å²) in [5.41, 5.74) is 4.83. The molecule has 0 saturated carbocycles. The van der Waals surface area contributed by atoms with Crippen LogP contribution in [0.5, 0.6) is 0 Å². The minimum absolute atomic E-state index is 0.0323. The monoisotopic (exact) mass is 365 g/mol. The molecule has 1 heterocycles. The molecule has 10 heteroatoms. The van der Waals surface area contributed by atoms with Gasteiger partial charge in [-0.2, -0.15) is 24.9 Å². The van der Waals surface area contributed by atoms with Crippen molar-refractivity contribution in [3.05, 3.63) is 29.8 Å². The van der Waals surface area contributed by atoms with Gasteiger partial charge in [0.15, 0.2) is 5.84 Å². The molecule has 3 N–H and O–H groups in total. The molecule has 1 fully saturated rings. The Morgan fingerprint density at radius 2 is 2.17 bits per heavy atom. The van der Waals surface area contributed by atoms with Crippen LogP contribution in [-0.2, 0) is 11.0 Å². The number of carbonyl (C=O) groups is 1. The number of nitrogens with one attached hydrogen (secondary N) is 1. The smallest absolute Gasteiger partial charge is 0.383 e. The summed E-state index contributed by atoms with van der Waals surface area (Å²) in [5.74, 6) is 2.92. The Kier molecular flexibility index (Phi) is 6.05. The molecule has 1 aliphatic heterocycles. The van der Waals surface area contributed by atoms with Gasteiger partial charge in [0.25, 0.3) is 0 Å². The highest BCUT2D eigenvalue weighted by Crippen LogP contribution is 2.30. The molecule has 126 valence electrons. The molecule has 1 amide bonds. The van der Waals surface area contributed by atoms with Crippen LogP contribution in [-0.4, -0.2) is 34.4 Å². The SMILES string of the molecule is N/C(=N/OC(=O)Nc1cccc(C(F)(F)F)c1)[C@H]1CSCCS1. The van der Waals surface area contributed by atoms with E-state index in [1.54, 1.807) is 23.5 Å². The van der Waals surface area contributed by atoms with Gasteiger partial charge in [-0.3, -0.25) is 10.2 Å². The average Bonchev–Trinajstić information content (AvgIpc) is 2.53. The van der Waals surface area contributed by atoms with Gasteiger partial charge in [-0.25, -0.2) is 4.79 Å². The maximum absolute atomic E-state index is 12.6. The third kappa shape index (κ3) is 5.54. The average molecular weight is 365 g/mol. The van der Waals surface area contributed by atoms with Crippen LogP contribution in [0.4, 0.5) is 23.7 Å². The number of nitrogens with zero attached hydrogens (tertiary/aromatic N) is 1. The van der Waals surface area contributed by atoms with Crippen LogP contribution in [0.2, 0.25) is 0 Å². The summed E-state index contributed by atoms with van der Waals surface area (Å²) in [6.07, 6.45) is -5.49. The Labute approximate surface area is 139 Å². The first-order valence-electron chi connectivity index (χ1n) is 6.54. The second-order valence-electron chi connectivity index (χ2n) is 4.53. The van der Waals surface area contributed by atoms with Gasteiger partial charge in [0.2, 0.25) is 0 Å². The summed E-state index contributed by atoms with van der Waals surface area (Å²) >= 11 is 3.35. The van der Waals surface area contributed by atoms with E-state index in [-0.39, 0.29) is 16.8 Å². The number of thioether (sulfide) groups is 2. The number of anilines is 1. The zero-order valence-electron chi connectivity index (χ0n) is 11.8. The molecular weight excluding hydrogens is 351 g/mol. The molecule has 0 radical (unpaired) electrons. The van der Waals surface area contributed by atoms with E-state index >= 15 is 0 Å². The number of hydrogen-bond donors (Lipinski definition) is 2. The zero-order chi connectivity index (χ0) is 16.9. The van der Waals surface area contributed by atoms with Gasteiger partial charge in [0, 0.05) is 22.9 Å². The largest absolute Gasteiger partial charge is 0.437 e. The number of rotatable bonds is 3. The second kappa shape index (κ2) is 7.82. The van der Waals surface area contributed by atoms with Gasteiger partial charge in [-0.05, 0) is 18.2 Å². The fraction of sp³-hybridized carbons (Fsp3) is 0.385. The van der Waals surface area contributed by atoms with Crippen molar-refractivity contribution >= 4 is 41.1 Å². The second-order valence-corrected chi connectivity index (χ2v) is 6.99. The van der Waals surface area contributed by atoms with E-state index in [4.69, 9.17) is 5.73 Å². The molecular formula is C13H14F3N3O2S2. The van der Waals surface area contributed by atoms with Gasteiger partial charge in [0.1, 0.15) is 0 Å². The third-order valence-corrected chi connectivity index (χ3v) is 5.60. The van der Waals surface area contributed by atoms with E-state index in [1.165, 1.54) is 12.1 Å². The standard InChI is InChI=1S/C13H14F3N3O2S2/c14-13(15,16)8-2-1-3-9(6-8)18-12(20)21-19-11(17)10-7-22-4-5-23-10/h1-3,6,10H,4-5,7H2,(H2,17,19)(H,18,20)/t10-/m1/s1. The van der Waals surface area contributed by atoms with Crippen molar-refractivity contribution in [1.29, 1.82) is 0 Å². The molecule has 2 rings (SSSR count). The first-order valence-corrected chi connectivity index (χ1v) is 8.74. The topological polar surface area (TPSA) is 76.7 Å². The van der Waals surface area contributed by atoms with Crippen LogP contribution in [0.3, 0.4) is 0 Å². The van der Waals surface area contributed by atoms with Crippen LogP contribution in [0.25, 0.3) is 0 Å². The van der Waals surface area contributed by atoms with Gasteiger partial charge in [0.05, 0.1) is 10.8 Å². The number of benzene rings is 1.